The second-order valence-corrected chi connectivity index (χ2v) is 4.54. The van der Waals surface area contributed by atoms with Gasteiger partial charge in [0.1, 0.15) is 11.3 Å². The standard InChI is InChI=1S/C16H20N2O/c1-4-10-18(5-2)12-14-13-8-6-7-9-15(13)19-16(14)11-17-3/h1,6-9,17H,5,10-12H2,2-3H3. The molecule has 0 bridgehead atoms. The minimum atomic E-state index is 0.662. The van der Waals surface area contributed by atoms with Gasteiger partial charge in [-0.3, -0.25) is 4.90 Å². The second kappa shape index (κ2) is 6.42. The van der Waals surface area contributed by atoms with Gasteiger partial charge in [-0.2, -0.15) is 0 Å². The van der Waals surface area contributed by atoms with Gasteiger partial charge in [-0.15, -0.1) is 6.42 Å². The Hall–Kier alpha value is -1.76. The summed E-state index contributed by atoms with van der Waals surface area (Å²) in [6.45, 7) is 5.28. The van der Waals surface area contributed by atoms with E-state index in [-0.39, 0.29) is 0 Å². The average Bonchev–Trinajstić information content (AvgIpc) is 2.77. The van der Waals surface area contributed by atoms with E-state index in [1.165, 1.54) is 10.9 Å². The third kappa shape index (κ3) is 2.98. The van der Waals surface area contributed by atoms with Crippen molar-refractivity contribution in [3.8, 4) is 12.3 Å². The monoisotopic (exact) mass is 256 g/mol. The largest absolute Gasteiger partial charge is 0.459 e. The van der Waals surface area contributed by atoms with Crippen molar-refractivity contribution in [1.29, 1.82) is 0 Å². The number of benzene rings is 1. The molecule has 3 nitrogen and oxygen atoms in total. The summed E-state index contributed by atoms with van der Waals surface area (Å²) in [5, 5.41) is 4.34. The van der Waals surface area contributed by atoms with Gasteiger partial charge >= 0.3 is 0 Å². The summed E-state index contributed by atoms with van der Waals surface area (Å²) in [7, 11) is 1.93. The highest BCUT2D eigenvalue weighted by Gasteiger charge is 2.15. The maximum absolute atomic E-state index is 5.92. The summed E-state index contributed by atoms with van der Waals surface area (Å²) < 4.78 is 5.92. The maximum atomic E-state index is 5.92. The lowest BCUT2D eigenvalue weighted by Gasteiger charge is -2.17. The first-order chi connectivity index (χ1) is 9.30. The van der Waals surface area contributed by atoms with Crippen molar-refractivity contribution in [1.82, 2.24) is 10.2 Å². The number of para-hydroxylation sites is 1. The van der Waals surface area contributed by atoms with Crippen LogP contribution < -0.4 is 5.32 Å². The van der Waals surface area contributed by atoms with Gasteiger partial charge in [-0.05, 0) is 19.7 Å². The number of hydrogen-bond donors (Lipinski definition) is 1. The number of furan rings is 1. The van der Waals surface area contributed by atoms with Crippen molar-refractivity contribution in [2.45, 2.75) is 20.0 Å². The Kier molecular flexibility index (Phi) is 4.62. The third-order valence-electron chi connectivity index (χ3n) is 3.26. The van der Waals surface area contributed by atoms with E-state index >= 15 is 0 Å². The summed E-state index contributed by atoms with van der Waals surface area (Å²) >= 11 is 0. The minimum Gasteiger partial charge on any atom is -0.459 e. The SMILES string of the molecule is C#CCN(CC)Cc1c(CNC)oc2ccccc12. The number of nitrogens with one attached hydrogen (secondary N) is 1. The van der Waals surface area contributed by atoms with Crippen LogP contribution in [0.4, 0.5) is 0 Å². The molecule has 100 valence electrons. The predicted octanol–water partition coefficient (Wildman–Crippen LogP) is 2.61. The fraction of sp³-hybridized carbons (Fsp3) is 0.375. The van der Waals surface area contributed by atoms with Gasteiger partial charge in [0.2, 0.25) is 0 Å². The zero-order valence-electron chi connectivity index (χ0n) is 11.6. The molecule has 3 heteroatoms. The molecule has 1 heterocycles. The zero-order valence-corrected chi connectivity index (χ0v) is 11.6. The molecule has 19 heavy (non-hydrogen) atoms. The van der Waals surface area contributed by atoms with E-state index in [1.807, 2.05) is 25.2 Å². The molecule has 0 saturated carbocycles. The topological polar surface area (TPSA) is 28.4 Å². The van der Waals surface area contributed by atoms with Crippen molar-refractivity contribution in [3.63, 3.8) is 0 Å². The lowest BCUT2D eigenvalue weighted by atomic mass is 10.1. The normalized spacial score (nSPS) is 11.1. The number of nitrogens with zero attached hydrogens (tertiary/aromatic N) is 1. The molecule has 0 aliphatic carbocycles. The smallest absolute Gasteiger partial charge is 0.134 e. The number of rotatable bonds is 6. The Labute approximate surface area is 114 Å². The Morgan fingerprint density at radius 2 is 2.16 bits per heavy atom. The molecule has 0 amide bonds. The summed E-state index contributed by atoms with van der Waals surface area (Å²) in [6, 6.07) is 8.16. The summed E-state index contributed by atoms with van der Waals surface area (Å²) in [5.74, 6) is 3.71. The molecule has 2 rings (SSSR count). The van der Waals surface area contributed by atoms with E-state index in [0.29, 0.717) is 6.54 Å². The number of terminal acetylenes is 1. The van der Waals surface area contributed by atoms with Crippen molar-refractivity contribution in [3.05, 3.63) is 35.6 Å². The molecular formula is C16H20N2O. The molecular weight excluding hydrogens is 236 g/mol. The first-order valence-corrected chi connectivity index (χ1v) is 6.59. The van der Waals surface area contributed by atoms with Crippen LogP contribution in [0.3, 0.4) is 0 Å². The molecule has 1 N–H and O–H groups in total. The van der Waals surface area contributed by atoms with Gasteiger partial charge in [0.15, 0.2) is 0 Å². The first kappa shape index (κ1) is 13.7. The van der Waals surface area contributed by atoms with Crippen molar-refractivity contribution in [2.75, 3.05) is 20.1 Å². The quantitative estimate of drug-likeness (QED) is 0.805. The fourth-order valence-electron chi connectivity index (χ4n) is 2.26. The summed E-state index contributed by atoms with van der Waals surface area (Å²) in [4.78, 5) is 2.23. The van der Waals surface area contributed by atoms with Crippen LogP contribution in [0.2, 0.25) is 0 Å². The highest BCUT2D eigenvalue weighted by Crippen LogP contribution is 2.27. The van der Waals surface area contributed by atoms with Gasteiger partial charge in [-0.25, -0.2) is 0 Å². The lowest BCUT2D eigenvalue weighted by Crippen LogP contribution is -2.23. The Bertz CT molecular complexity index is 580. The van der Waals surface area contributed by atoms with E-state index in [9.17, 15) is 0 Å². The summed E-state index contributed by atoms with van der Waals surface area (Å²) in [5.41, 5.74) is 2.18. The van der Waals surface area contributed by atoms with Crippen LogP contribution in [-0.2, 0) is 13.1 Å². The van der Waals surface area contributed by atoms with Gasteiger partial charge in [0.25, 0.3) is 0 Å². The van der Waals surface area contributed by atoms with E-state index in [2.05, 4.69) is 29.1 Å². The summed E-state index contributed by atoms with van der Waals surface area (Å²) in [6.07, 6.45) is 5.42. The van der Waals surface area contributed by atoms with Crippen LogP contribution in [0.15, 0.2) is 28.7 Å². The molecule has 0 atom stereocenters. The van der Waals surface area contributed by atoms with Gasteiger partial charge < -0.3 is 9.73 Å². The van der Waals surface area contributed by atoms with Crippen molar-refractivity contribution < 1.29 is 4.42 Å². The van der Waals surface area contributed by atoms with E-state index < -0.39 is 0 Å². The minimum absolute atomic E-state index is 0.662. The third-order valence-corrected chi connectivity index (χ3v) is 3.26. The highest BCUT2D eigenvalue weighted by atomic mass is 16.3. The van der Waals surface area contributed by atoms with E-state index in [0.717, 1.165) is 31.0 Å². The Balaban J connectivity index is 2.38. The second-order valence-electron chi connectivity index (χ2n) is 4.54. The van der Waals surface area contributed by atoms with Gasteiger partial charge in [0, 0.05) is 17.5 Å². The molecule has 0 aliphatic heterocycles. The molecule has 1 aromatic heterocycles. The first-order valence-electron chi connectivity index (χ1n) is 6.59. The van der Waals surface area contributed by atoms with Crippen LogP contribution in [0.1, 0.15) is 18.2 Å². The van der Waals surface area contributed by atoms with Crippen LogP contribution in [-0.4, -0.2) is 25.0 Å². The Morgan fingerprint density at radius 1 is 1.37 bits per heavy atom. The maximum Gasteiger partial charge on any atom is 0.134 e. The molecule has 0 fully saturated rings. The predicted molar refractivity (Wildman–Crippen MR) is 78.8 cm³/mol. The fourth-order valence-corrected chi connectivity index (χ4v) is 2.26. The average molecular weight is 256 g/mol. The Morgan fingerprint density at radius 3 is 2.84 bits per heavy atom. The van der Waals surface area contributed by atoms with Crippen LogP contribution in [0.25, 0.3) is 11.0 Å². The number of hydrogen-bond acceptors (Lipinski definition) is 3. The molecule has 2 aromatic rings. The van der Waals surface area contributed by atoms with Crippen LogP contribution >= 0.6 is 0 Å². The van der Waals surface area contributed by atoms with Gasteiger partial charge in [0.05, 0.1) is 13.1 Å². The van der Waals surface area contributed by atoms with Crippen molar-refractivity contribution >= 4 is 11.0 Å². The zero-order chi connectivity index (χ0) is 13.7. The number of fused-ring (bicyclic) bond motifs is 1. The molecule has 1 aromatic carbocycles. The van der Waals surface area contributed by atoms with Crippen LogP contribution in [0.5, 0.6) is 0 Å². The lowest BCUT2D eigenvalue weighted by molar-refractivity contribution is 0.313. The van der Waals surface area contributed by atoms with Crippen molar-refractivity contribution in [2.24, 2.45) is 0 Å². The van der Waals surface area contributed by atoms with Gasteiger partial charge in [-0.1, -0.05) is 31.0 Å². The highest BCUT2D eigenvalue weighted by molar-refractivity contribution is 5.82. The molecule has 0 radical (unpaired) electrons. The van der Waals surface area contributed by atoms with E-state index in [1.54, 1.807) is 0 Å². The molecule has 0 unspecified atom stereocenters. The van der Waals surface area contributed by atoms with Crippen LogP contribution in [0, 0.1) is 12.3 Å². The molecule has 0 aliphatic rings. The molecule has 0 spiro atoms. The molecule has 0 saturated heterocycles. The van der Waals surface area contributed by atoms with E-state index in [4.69, 9.17) is 10.8 Å².